The van der Waals surface area contributed by atoms with Gasteiger partial charge in [0.1, 0.15) is 5.82 Å². The van der Waals surface area contributed by atoms with Crippen LogP contribution in [0.3, 0.4) is 0 Å². The van der Waals surface area contributed by atoms with E-state index >= 15 is 0 Å². The summed E-state index contributed by atoms with van der Waals surface area (Å²) in [4.78, 5) is 33.8. The molecule has 0 aliphatic rings. The van der Waals surface area contributed by atoms with Crippen LogP contribution >= 0.6 is 0 Å². The predicted molar refractivity (Wildman–Crippen MR) is 87.6 cm³/mol. The second-order valence-corrected chi connectivity index (χ2v) is 4.99. The van der Waals surface area contributed by atoms with Crippen molar-refractivity contribution in [2.45, 2.75) is 33.7 Å². The number of carboxylic acid groups (broad SMARTS) is 1. The summed E-state index contributed by atoms with van der Waals surface area (Å²) in [6.45, 7) is 6.12. The third-order valence-corrected chi connectivity index (χ3v) is 3.14. The molecule has 1 heterocycles. The number of hydrogen-bond acceptors (Lipinski definition) is 3. The minimum Gasteiger partial charge on any atom is -0.475 e. The van der Waals surface area contributed by atoms with Crippen LogP contribution < -0.4 is 0 Å². The van der Waals surface area contributed by atoms with Crippen LogP contribution in [0.1, 0.15) is 41.9 Å². The minimum absolute atomic E-state index is 0.261. The molecule has 0 aliphatic carbocycles. The number of rotatable bonds is 6. The molecule has 0 bridgehead atoms. The summed E-state index contributed by atoms with van der Waals surface area (Å²) in [6, 6.07) is 7.44. The Kier molecular flexibility index (Phi) is 7.04. The highest BCUT2D eigenvalue weighted by Crippen LogP contribution is 2.14. The molecule has 0 fully saturated rings. The number of carbonyl (C=O) groups is 3. The molecule has 2 rings (SSSR count). The van der Waals surface area contributed by atoms with E-state index in [1.54, 1.807) is 35.9 Å². The van der Waals surface area contributed by atoms with Crippen molar-refractivity contribution in [3.05, 3.63) is 59.2 Å². The fourth-order valence-electron chi connectivity index (χ4n) is 2.12. The van der Waals surface area contributed by atoms with Gasteiger partial charge in [0.15, 0.2) is 5.78 Å². The topological polar surface area (TPSA) is 76.4 Å². The SMILES string of the molecule is CC.Cc1cc(C(=O)CC(=O)C(=O)O)n(Cc2ccc(F)cc2)c1. The molecule has 2 aromatic rings. The van der Waals surface area contributed by atoms with Crippen LogP contribution in [-0.4, -0.2) is 27.2 Å². The molecule has 6 heteroatoms. The molecule has 24 heavy (non-hydrogen) atoms. The van der Waals surface area contributed by atoms with Gasteiger partial charge in [-0.15, -0.1) is 0 Å². The highest BCUT2D eigenvalue weighted by molar-refractivity contribution is 6.37. The van der Waals surface area contributed by atoms with Crippen LogP contribution in [-0.2, 0) is 16.1 Å². The second kappa shape index (κ2) is 8.76. The van der Waals surface area contributed by atoms with Crippen LogP contribution in [0, 0.1) is 12.7 Å². The number of benzene rings is 1. The highest BCUT2D eigenvalue weighted by atomic mass is 19.1. The molecule has 1 N–H and O–H groups in total. The molecular formula is C18H20FNO4. The van der Waals surface area contributed by atoms with Gasteiger partial charge < -0.3 is 9.67 Å². The van der Waals surface area contributed by atoms with Gasteiger partial charge in [0.2, 0.25) is 5.78 Å². The molecule has 0 unspecified atom stereocenters. The van der Waals surface area contributed by atoms with Gasteiger partial charge in [-0.25, -0.2) is 9.18 Å². The van der Waals surface area contributed by atoms with Crippen molar-refractivity contribution in [2.24, 2.45) is 0 Å². The lowest BCUT2D eigenvalue weighted by Crippen LogP contribution is -2.19. The summed E-state index contributed by atoms with van der Waals surface area (Å²) in [5, 5.41) is 8.57. The number of halogens is 1. The number of hydrogen-bond donors (Lipinski definition) is 1. The maximum absolute atomic E-state index is 12.9. The smallest absolute Gasteiger partial charge is 0.372 e. The normalized spacial score (nSPS) is 9.83. The van der Waals surface area contributed by atoms with E-state index in [1.165, 1.54) is 12.1 Å². The average molecular weight is 333 g/mol. The fraction of sp³-hybridized carbons (Fsp3) is 0.278. The van der Waals surface area contributed by atoms with Crippen molar-refractivity contribution in [1.82, 2.24) is 4.57 Å². The number of aliphatic carboxylic acids is 1. The Bertz CT molecular complexity index is 732. The first kappa shape index (κ1) is 19.3. The molecule has 1 aromatic heterocycles. The lowest BCUT2D eigenvalue weighted by molar-refractivity contribution is -0.148. The van der Waals surface area contributed by atoms with Gasteiger partial charge in [0, 0.05) is 12.7 Å². The molecule has 0 atom stereocenters. The van der Waals surface area contributed by atoms with E-state index in [2.05, 4.69) is 0 Å². The third kappa shape index (κ3) is 5.15. The Morgan fingerprint density at radius 2 is 1.71 bits per heavy atom. The molecule has 0 spiro atoms. The Morgan fingerprint density at radius 3 is 2.25 bits per heavy atom. The summed E-state index contributed by atoms with van der Waals surface area (Å²) >= 11 is 0. The first-order valence-electron chi connectivity index (χ1n) is 7.57. The summed E-state index contributed by atoms with van der Waals surface area (Å²) in [6.07, 6.45) is 1.05. The van der Waals surface area contributed by atoms with E-state index in [0.717, 1.165) is 11.1 Å². The van der Waals surface area contributed by atoms with Crippen LogP contribution in [0.5, 0.6) is 0 Å². The number of carbonyl (C=O) groups excluding carboxylic acids is 2. The quantitative estimate of drug-likeness (QED) is 0.500. The lowest BCUT2D eigenvalue weighted by Gasteiger charge is -2.08. The molecule has 128 valence electrons. The van der Waals surface area contributed by atoms with Crippen LogP contribution in [0.4, 0.5) is 4.39 Å². The van der Waals surface area contributed by atoms with E-state index in [9.17, 15) is 18.8 Å². The molecule has 0 saturated carbocycles. The Balaban J connectivity index is 0.00000139. The predicted octanol–water partition coefficient (Wildman–Crippen LogP) is 3.24. The number of Topliss-reactive ketones (excluding diaryl/α,β-unsaturated/α-hetero) is 2. The highest BCUT2D eigenvalue weighted by Gasteiger charge is 2.20. The summed E-state index contributed by atoms with van der Waals surface area (Å²) < 4.78 is 14.5. The maximum Gasteiger partial charge on any atom is 0.372 e. The standard InChI is InChI=1S/C16H14FNO4.C2H6/c1-10-6-13(14(19)7-15(20)16(21)22)18(8-10)9-11-2-4-12(17)5-3-11;1-2/h2-6,8H,7,9H2,1H3,(H,21,22);1-2H3. The van der Waals surface area contributed by atoms with E-state index in [4.69, 9.17) is 5.11 Å². The Labute approximate surface area is 139 Å². The van der Waals surface area contributed by atoms with E-state index in [0.29, 0.717) is 6.54 Å². The first-order chi connectivity index (χ1) is 11.4. The monoisotopic (exact) mass is 333 g/mol. The number of aromatic nitrogens is 1. The van der Waals surface area contributed by atoms with Gasteiger partial charge in [-0.3, -0.25) is 9.59 Å². The first-order valence-corrected chi connectivity index (χ1v) is 7.57. The third-order valence-electron chi connectivity index (χ3n) is 3.14. The van der Waals surface area contributed by atoms with Crippen molar-refractivity contribution < 1.29 is 23.9 Å². The summed E-state index contributed by atoms with van der Waals surface area (Å²) in [5.41, 5.74) is 1.86. The van der Waals surface area contributed by atoms with Crippen LogP contribution in [0.25, 0.3) is 0 Å². The summed E-state index contributed by atoms with van der Waals surface area (Å²) in [5.74, 6) is -3.67. The van der Waals surface area contributed by atoms with E-state index in [1.807, 2.05) is 13.8 Å². The number of carboxylic acids is 1. The van der Waals surface area contributed by atoms with Gasteiger partial charge in [-0.2, -0.15) is 0 Å². The molecule has 0 aliphatic heterocycles. The largest absolute Gasteiger partial charge is 0.475 e. The molecule has 1 aromatic carbocycles. The Morgan fingerprint density at radius 1 is 1.12 bits per heavy atom. The number of nitrogens with zero attached hydrogens (tertiary/aromatic N) is 1. The number of ketones is 2. The van der Waals surface area contributed by atoms with Crippen molar-refractivity contribution in [1.29, 1.82) is 0 Å². The van der Waals surface area contributed by atoms with E-state index < -0.39 is 24.0 Å². The van der Waals surface area contributed by atoms with Crippen molar-refractivity contribution in [3.8, 4) is 0 Å². The lowest BCUT2D eigenvalue weighted by atomic mass is 10.1. The number of aryl methyl sites for hydroxylation is 1. The second-order valence-electron chi connectivity index (χ2n) is 4.99. The fourth-order valence-corrected chi connectivity index (χ4v) is 2.12. The zero-order valence-electron chi connectivity index (χ0n) is 13.9. The summed E-state index contributed by atoms with van der Waals surface area (Å²) in [7, 11) is 0. The van der Waals surface area contributed by atoms with E-state index in [-0.39, 0.29) is 11.5 Å². The van der Waals surface area contributed by atoms with Gasteiger partial charge in [-0.1, -0.05) is 26.0 Å². The van der Waals surface area contributed by atoms with Crippen molar-refractivity contribution in [3.63, 3.8) is 0 Å². The molecule has 0 saturated heterocycles. The van der Waals surface area contributed by atoms with Crippen LogP contribution in [0.2, 0.25) is 0 Å². The minimum atomic E-state index is -1.62. The van der Waals surface area contributed by atoms with Gasteiger partial charge >= 0.3 is 5.97 Å². The zero-order valence-corrected chi connectivity index (χ0v) is 13.9. The van der Waals surface area contributed by atoms with Gasteiger partial charge in [0.25, 0.3) is 0 Å². The molecular weight excluding hydrogens is 313 g/mol. The van der Waals surface area contributed by atoms with Gasteiger partial charge in [0.05, 0.1) is 12.1 Å². The van der Waals surface area contributed by atoms with Crippen molar-refractivity contribution >= 4 is 17.5 Å². The molecule has 0 amide bonds. The average Bonchev–Trinajstić information content (AvgIpc) is 2.92. The van der Waals surface area contributed by atoms with Gasteiger partial charge in [-0.05, 0) is 36.2 Å². The Hall–Kier alpha value is -2.76. The maximum atomic E-state index is 12.9. The molecule has 5 nitrogen and oxygen atoms in total. The van der Waals surface area contributed by atoms with Crippen molar-refractivity contribution in [2.75, 3.05) is 0 Å². The van der Waals surface area contributed by atoms with Crippen LogP contribution in [0.15, 0.2) is 36.5 Å². The zero-order chi connectivity index (χ0) is 18.3. The molecule has 0 radical (unpaired) electrons.